The van der Waals surface area contributed by atoms with Crippen LogP contribution in [0.2, 0.25) is 0 Å². The fraction of sp³-hybridized carbons (Fsp3) is 0.923. The Labute approximate surface area is 121 Å². The lowest BCUT2D eigenvalue weighted by Gasteiger charge is -2.38. The molecule has 1 unspecified atom stereocenters. The summed E-state index contributed by atoms with van der Waals surface area (Å²) < 4.78 is 30.8. The van der Waals surface area contributed by atoms with Crippen LogP contribution in [-0.4, -0.2) is 56.4 Å². The summed E-state index contributed by atoms with van der Waals surface area (Å²) in [5, 5.41) is 9.27. The number of sulfonamides is 1. The van der Waals surface area contributed by atoms with Gasteiger partial charge in [0.1, 0.15) is 0 Å². The van der Waals surface area contributed by atoms with Crippen LogP contribution in [0.25, 0.3) is 0 Å². The van der Waals surface area contributed by atoms with Gasteiger partial charge >= 0.3 is 5.97 Å². The molecule has 0 saturated carbocycles. The minimum Gasteiger partial charge on any atom is -0.481 e. The van der Waals surface area contributed by atoms with E-state index in [1.54, 1.807) is 21.0 Å². The number of piperidine rings is 1. The van der Waals surface area contributed by atoms with Crippen molar-refractivity contribution >= 4 is 16.0 Å². The summed E-state index contributed by atoms with van der Waals surface area (Å²) in [5.41, 5.74) is -0.902. The van der Waals surface area contributed by atoms with E-state index in [1.165, 1.54) is 4.31 Å². The van der Waals surface area contributed by atoms with Gasteiger partial charge in [-0.3, -0.25) is 4.79 Å². The molecule has 0 radical (unpaired) electrons. The molecule has 0 amide bonds. The van der Waals surface area contributed by atoms with Crippen molar-refractivity contribution in [3.05, 3.63) is 0 Å². The summed E-state index contributed by atoms with van der Waals surface area (Å²) in [4.78, 5) is 11.3. The van der Waals surface area contributed by atoms with Crippen LogP contribution in [0.4, 0.5) is 0 Å². The first-order valence-corrected chi connectivity index (χ1v) is 8.53. The topological polar surface area (TPSA) is 83.9 Å². The van der Waals surface area contributed by atoms with Crippen LogP contribution in [0.3, 0.4) is 0 Å². The largest absolute Gasteiger partial charge is 0.481 e. The highest BCUT2D eigenvalue weighted by Crippen LogP contribution is 2.35. The molecule has 1 saturated heterocycles. The highest BCUT2D eigenvalue weighted by molar-refractivity contribution is 7.89. The zero-order chi connectivity index (χ0) is 15.4. The molecule has 0 bridgehead atoms. The number of rotatable bonds is 7. The van der Waals surface area contributed by atoms with Crippen molar-refractivity contribution < 1.29 is 23.1 Å². The second-order valence-electron chi connectivity index (χ2n) is 5.89. The molecule has 1 heterocycles. The molecule has 7 heteroatoms. The Morgan fingerprint density at radius 2 is 2.10 bits per heavy atom. The molecule has 1 fully saturated rings. The minimum atomic E-state index is -3.31. The molecular formula is C13H25NO5S. The lowest BCUT2D eigenvalue weighted by atomic mass is 9.75. The second-order valence-corrected chi connectivity index (χ2v) is 7.97. The smallest absolute Gasteiger partial charge is 0.309 e. The predicted molar refractivity (Wildman–Crippen MR) is 76.0 cm³/mol. The van der Waals surface area contributed by atoms with E-state index in [0.717, 1.165) is 6.42 Å². The summed E-state index contributed by atoms with van der Waals surface area (Å²) >= 11 is 0. The number of carboxylic acid groups (broad SMARTS) is 1. The van der Waals surface area contributed by atoms with Crippen molar-refractivity contribution in [1.29, 1.82) is 0 Å². The quantitative estimate of drug-likeness (QED) is 0.714. The maximum atomic E-state index is 12.2. The molecule has 1 aliphatic heterocycles. The first-order valence-electron chi connectivity index (χ1n) is 6.92. The van der Waals surface area contributed by atoms with E-state index in [-0.39, 0.29) is 11.7 Å². The first kappa shape index (κ1) is 17.4. The maximum absolute atomic E-state index is 12.2. The third-order valence-electron chi connectivity index (χ3n) is 4.10. The molecule has 118 valence electrons. The predicted octanol–water partition coefficient (Wildman–Crippen LogP) is 1.18. The molecule has 0 aliphatic carbocycles. The Balaban J connectivity index is 2.71. The van der Waals surface area contributed by atoms with Gasteiger partial charge in [0, 0.05) is 26.8 Å². The molecule has 1 N–H and O–H groups in total. The molecule has 1 aliphatic rings. The third-order valence-corrected chi connectivity index (χ3v) is 6.02. The molecule has 1 atom stereocenters. The van der Waals surface area contributed by atoms with E-state index in [0.29, 0.717) is 32.5 Å². The summed E-state index contributed by atoms with van der Waals surface area (Å²) in [5.74, 6) is -0.965. The molecule has 1 rings (SSSR count). The van der Waals surface area contributed by atoms with Gasteiger partial charge in [0.15, 0.2) is 0 Å². The number of carboxylic acids is 1. The normalized spacial score (nSPS) is 21.9. The van der Waals surface area contributed by atoms with Crippen LogP contribution in [-0.2, 0) is 19.6 Å². The fourth-order valence-electron chi connectivity index (χ4n) is 2.47. The lowest BCUT2D eigenvalue weighted by molar-refractivity contribution is -0.151. The van der Waals surface area contributed by atoms with Gasteiger partial charge in [0.2, 0.25) is 10.0 Å². The number of nitrogens with zero attached hydrogens (tertiary/aromatic N) is 1. The first-order chi connectivity index (χ1) is 9.21. The fourth-order valence-corrected chi connectivity index (χ4v) is 4.03. The van der Waals surface area contributed by atoms with Crippen LogP contribution in [0.15, 0.2) is 0 Å². The van der Waals surface area contributed by atoms with Gasteiger partial charge in [-0.05, 0) is 39.0 Å². The summed E-state index contributed by atoms with van der Waals surface area (Å²) in [7, 11) is -1.77. The van der Waals surface area contributed by atoms with E-state index >= 15 is 0 Å². The Morgan fingerprint density at radius 3 is 2.65 bits per heavy atom. The number of aliphatic carboxylic acids is 1. The highest BCUT2D eigenvalue weighted by Gasteiger charge is 2.41. The molecule has 0 aromatic rings. The third kappa shape index (κ3) is 4.17. The maximum Gasteiger partial charge on any atom is 0.309 e. The highest BCUT2D eigenvalue weighted by atomic mass is 32.2. The Hall–Kier alpha value is -0.660. The molecule has 20 heavy (non-hydrogen) atoms. The number of ether oxygens (including phenoxy) is 1. The standard InChI is InChI=1S/C13H25NO5S/c1-13(2,12(15)16)11-6-4-7-14(10-11)20(17,18)9-5-8-19-3/h11H,4-10H2,1-3H3,(H,15,16). The molecule has 0 spiro atoms. The molecule has 0 aromatic heterocycles. The number of methoxy groups -OCH3 is 1. The van der Waals surface area contributed by atoms with Gasteiger partial charge in [0.25, 0.3) is 0 Å². The van der Waals surface area contributed by atoms with Gasteiger partial charge in [-0.15, -0.1) is 0 Å². The van der Waals surface area contributed by atoms with E-state index < -0.39 is 21.4 Å². The van der Waals surface area contributed by atoms with Crippen LogP contribution < -0.4 is 0 Å². The minimum absolute atomic E-state index is 0.0566. The van der Waals surface area contributed by atoms with Crippen LogP contribution in [0, 0.1) is 11.3 Å². The second kappa shape index (κ2) is 6.87. The molecule has 6 nitrogen and oxygen atoms in total. The van der Waals surface area contributed by atoms with Crippen molar-refractivity contribution in [3.63, 3.8) is 0 Å². The van der Waals surface area contributed by atoms with Crippen molar-refractivity contribution in [2.75, 3.05) is 32.6 Å². The number of hydrogen-bond acceptors (Lipinski definition) is 4. The van der Waals surface area contributed by atoms with Crippen LogP contribution in [0.1, 0.15) is 33.1 Å². The zero-order valence-corrected chi connectivity index (χ0v) is 13.3. The van der Waals surface area contributed by atoms with Crippen LogP contribution >= 0.6 is 0 Å². The SMILES string of the molecule is COCCCS(=O)(=O)N1CCCC(C(C)(C)C(=O)O)C1. The van der Waals surface area contributed by atoms with Gasteiger partial charge in [-0.25, -0.2) is 12.7 Å². The van der Waals surface area contributed by atoms with E-state index in [1.807, 2.05) is 0 Å². The molecular weight excluding hydrogens is 282 g/mol. The van der Waals surface area contributed by atoms with Crippen molar-refractivity contribution in [2.24, 2.45) is 11.3 Å². The van der Waals surface area contributed by atoms with E-state index in [2.05, 4.69) is 0 Å². The van der Waals surface area contributed by atoms with Gasteiger partial charge in [-0.2, -0.15) is 0 Å². The Kier molecular flexibility index (Phi) is 5.97. The van der Waals surface area contributed by atoms with Gasteiger partial charge in [-0.1, -0.05) is 0 Å². The Morgan fingerprint density at radius 1 is 1.45 bits per heavy atom. The Bertz CT molecular complexity index is 432. The van der Waals surface area contributed by atoms with E-state index in [9.17, 15) is 18.3 Å². The van der Waals surface area contributed by atoms with Crippen LogP contribution in [0.5, 0.6) is 0 Å². The summed E-state index contributed by atoms with van der Waals surface area (Å²) in [6.45, 7) is 4.54. The summed E-state index contributed by atoms with van der Waals surface area (Å²) in [6, 6.07) is 0. The average Bonchev–Trinajstić information content (AvgIpc) is 2.39. The lowest BCUT2D eigenvalue weighted by Crippen LogP contribution is -2.47. The van der Waals surface area contributed by atoms with E-state index in [4.69, 9.17) is 4.74 Å². The van der Waals surface area contributed by atoms with Crippen molar-refractivity contribution in [2.45, 2.75) is 33.1 Å². The summed E-state index contributed by atoms with van der Waals surface area (Å²) in [6.07, 6.45) is 1.93. The van der Waals surface area contributed by atoms with Gasteiger partial charge in [0.05, 0.1) is 11.2 Å². The van der Waals surface area contributed by atoms with Gasteiger partial charge < -0.3 is 9.84 Å². The average molecular weight is 307 g/mol. The monoisotopic (exact) mass is 307 g/mol. The number of carbonyl (C=O) groups is 1. The molecule has 0 aromatic carbocycles. The van der Waals surface area contributed by atoms with Crippen molar-refractivity contribution in [3.8, 4) is 0 Å². The van der Waals surface area contributed by atoms with Crippen molar-refractivity contribution in [1.82, 2.24) is 4.31 Å². The zero-order valence-electron chi connectivity index (χ0n) is 12.5. The number of hydrogen-bond donors (Lipinski definition) is 1.